The van der Waals surface area contributed by atoms with E-state index < -0.39 is 12.1 Å². The van der Waals surface area contributed by atoms with Crippen LogP contribution in [0.25, 0.3) is 0 Å². The Hall–Kier alpha value is -2.20. The van der Waals surface area contributed by atoms with E-state index in [1.54, 1.807) is 0 Å². The van der Waals surface area contributed by atoms with Crippen LogP contribution >= 0.6 is 0 Å². The van der Waals surface area contributed by atoms with Gasteiger partial charge in [-0.15, -0.1) is 0 Å². The number of amides is 1. The van der Waals surface area contributed by atoms with Gasteiger partial charge in [-0.3, -0.25) is 14.7 Å². The zero-order valence-electron chi connectivity index (χ0n) is 17.4. The first-order valence-corrected chi connectivity index (χ1v) is 10.5. The van der Waals surface area contributed by atoms with Gasteiger partial charge in [-0.25, -0.2) is 4.79 Å². The van der Waals surface area contributed by atoms with Gasteiger partial charge in [0.05, 0.1) is 17.7 Å². The molecule has 172 valence electrons. The number of likely N-dealkylation sites (tertiary alicyclic amines) is 1. The van der Waals surface area contributed by atoms with Crippen molar-refractivity contribution in [1.82, 2.24) is 15.2 Å². The lowest BCUT2D eigenvalue weighted by Gasteiger charge is -2.40. The quantitative estimate of drug-likeness (QED) is 0.743. The fourth-order valence-corrected chi connectivity index (χ4v) is 4.24. The molecule has 3 fully saturated rings. The summed E-state index contributed by atoms with van der Waals surface area (Å²) >= 11 is 0. The molecule has 7 nitrogen and oxygen atoms in total. The number of carbonyl (C=O) groups is 2. The third kappa shape index (κ3) is 6.39. The number of nitrogens with one attached hydrogen (secondary N) is 1. The fraction of sp³-hybridized carbons (Fsp3) is 0.667. The number of rotatable bonds is 4. The Kier molecular flexibility index (Phi) is 7.53. The van der Waals surface area contributed by atoms with E-state index >= 15 is 0 Å². The molecule has 0 unspecified atom stereocenters. The normalized spacial score (nSPS) is 26.3. The van der Waals surface area contributed by atoms with Crippen LogP contribution in [0.4, 0.5) is 13.2 Å². The van der Waals surface area contributed by atoms with E-state index in [9.17, 15) is 18.0 Å². The number of alkyl halides is 3. The first-order valence-electron chi connectivity index (χ1n) is 10.5. The van der Waals surface area contributed by atoms with Crippen LogP contribution in [-0.4, -0.2) is 64.9 Å². The standard InChI is InChI=1S/C19H27N3O2.C2HF3O2/c1-13-4-2-7-15(20-13)10-22-11-17(16-8-9-24-18(16)12-22)19(23)21-14-5-3-6-14;3-2(4,5)1(6)7/h2,4,7,14,16-18H,3,5-6,8-12H2,1H3,(H,21,23);(H,6,7)/t16-,17+,18+;/m0./s1. The molecule has 1 aliphatic carbocycles. The van der Waals surface area contributed by atoms with Gasteiger partial charge in [0.25, 0.3) is 0 Å². The summed E-state index contributed by atoms with van der Waals surface area (Å²) in [6, 6.07) is 6.55. The highest BCUT2D eigenvalue weighted by atomic mass is 19.4. The minimum atomic E-state index is -5.08. The topological polar surface area (TPSA) is 91.8 Å². The number of fused-ring (bicyclic) bond motifs is 1. The number of halogens is 3. The maximum absolute atomic E-state index is 12.8. The predicted molar refractivity (Wildman–Crippen MR) is 105 cm³/mol. The Morgan fingerprint density at radius 1 is 1.26 bits per heavy atom. The average Bonchev–Trinajstić information content (AvgIpc) is 3.12. The van der Waals surface area contributed by atoms with Crippen molar-refractivity contribution in [3.05, 3.63) is 29.6 Å². The molecule has 3 heterocycles. The average molecular weight is 443 g/mol. The van der Waals surface area contributed by atoms with Gasteiger partial charge in [0, 0.05) is 43.9 Å². The van der Waals surface area contributed by atoms with E-state index in [0.29, 0.717) is 12.0 Å². The maximum Gasteiger partial charge on any atom is 0.490 e. The number of nitrogens with zero attached hydrogens (tertiary/aromatic N) is 2. The van der Waals surface area contributed by atoms with Gasteiger partial charge in [-0.2, -0.15) is 13.2 Å². The number of ether oxygens (including phenoxy) is 1. The molecule has 0 spiro atoms. The number of carboxylic acids is 1. The van der Waals surface area contributed by atoms with Gasteiger partial charge < -0.3 is 15.2 Å². The van der Waals surface area contributed by atoms with Crippen LogP contribution < -0.4 is 5.32 Å². The number of carboxylic acid groups (broad SMARTS) is 1. The minimum absolute atomic E-state index is 0.0525. The van der Waals surface area contributed by atoms with Gasteiger partial charge in [-0.05, 0) is 44.7 Å². The van der Waals surface area contributed by atoms with Crippen LogP contribution in [0.15, 0.2) is 18.2 Å². The van der Waals surface area contributed by atoms with Crippen LogP contribution in [0.3, 0.4) is 0 Å². The van der Waals surface area contributed by atoms with Crippen molar-refractivity contribution in [3.63, 3.8) is 0 Å². The molecule has 3 aliphatic rings. The Balaban J connectivity index is 0.000000339. The molecule has 1 aromatic heterocycles. The summed E-state index contributed by atoms with van der Waals surface area (Å²) in [4.78, 5) is 28.6. The number of hydrogen-bond donors (Lipinski definition) is 2. The van der Waals surface area contributed by atoms with Crippen molar-refractivity contribution in [2.24, 2.45) is 11.8 Å². The SMILES string of the molecule is Cc1cccc(CN2C[C@H]3OCC[C@H]3[C@H](C(=O)NC3CCC3)C2)n1.O=C(O)C(F)(F)F. The van der Waals surface area contributed by atoms with Gasteiger partial charge in [0.1, 0.15) is 0 Å². The minimum Gasteiger partial charge on any atom is -0.475 e. The summed E-state index contributed by atoms with van der Waals surface area (Å²) in [5, 5.41) is 10.4. The van der Waals surface area contributed by atoms with E-state index in [4.69, 9.17) is 14.6 Å². The van der Waals surface area contributed by atoms with Crippen molar-refractivity contribution in [2.75, 3.05) is 19.7 Å². The molecule has 1 amide bonds. The Morgan fingerprint density at radius 2 is 1.97 bits per heavy atom. The molecule has 31 heavy (non-hydrogen) atoms. The second-order valence-electron chi connectivity index (χ2n) is 8.37. The largest absolute Gasteiger partial charge is 0.490 e. The van der Waals surface area contributed by atoms with Gasteiger partial charge in [0.15, 0.2) is 0 Å². The predicted octanol–water partition coefficient (Wildman–Crippen LogP) is 2.53. The lowest BCUT2D eigenvalue weighted by molar-refractivity contribution is -0.192. The highest BCUT2D eigenvalue weighted by Gasteiger charge is 2.44. The molecule has 10 heteroatoms. The summed E-state index contributed by atoms with van der Waals surface area (Å²) < 4.78 is 37.7. The third-order valence-electron chi connectivity index (χ3n) is 6.03. The molecule has 2 N–H and O–H groups in total. The smallest absolute Gasteiger partial charge is 0.475 e. The summed E-state index contributed by atoms with van der Waals surface area (Å²) in [5.74, 6) is -2.09. The van der Waals surface area contributed by atoms with Crippen LogP contribution in [0.5, 0.6) is 0 Å². The van der Waals surface area contributed by atoms with Crippen molar-refractivity contribution < 1.29 is 32.6 Å². The zero-order chi connectivity index (χ0) is 22.6. The van der Waals surface area contributed by atoms with E-state index in [-0.39, 0.29) is 17.9 Å². The van der Waals surface area contributed by atoms with E-state index in [2.05, 4.69) is 27.3 Å². The molecule has 0 aromatic carbocycles. The molecule has 4 rings (SSSR count). The summed E-state index contributed by atoms with van der Waals surface area (Å²) in [7, 11) is 0. The molecule has 1 saturated carbocycles. The molecule has 1 aromatic rings. The van der Waals surface area contributed by atoms with Crippen molar-refractivity contribution in [2.45, 2.75) is 57.5 Å². The summed E-state index contributed by atoms with van der Waals surface area (Å²) in [6.07, 6.45) is -0.347. The van der Waals surface area contributed by atoms with E-state index in [0.717, 1.165) is 56.9 Å². The summed E-state index contributed by atoms with van der Waals surface area (Å²) in [6.45, 7) is 5.33. The number of aromatic nitrogens is 1. The molecule has 2 aliphatic heterocycles. The molecule has 0 bridgehead atoms. The molecular formula is C21H28F3N3O4. The fourth-order valence-electron chi connectivity index (χ4n) is 4.24. The summed E-state index contributed by atoms with van der Waals surface area (Å²) in [5.41, 5.74) is 2.11. The van der Waals surface area contributed by atoms with E-state index in [1.165, 1.54) is 6.42 Å². The molecular weight excluding hydrogens is 415 g/mol. The van der Waals surface area contributed by atoms with Crippen LogP contribution in [0.1, 0.15) is 37.1 Å². The van der Waals surface area contributed by atoms with Gasteiger partial charge in [0.2, 0.25) is 5.91 Å². The third-order valence-corrected chi connectivity index (χ3v) is 6.03. The Bertz CT molecular complexity index is 785. The first kappa shape index (κ1) is 23.5. The van der Waals surface area contributed by atoms with Crippen LogP contribution in [-0.2, 0) is 20.9 Å². The number of carbonyl (C=O) groups excluding carboxylic acids is 1. The van der Waals surface area contributed by atoms with Crippen LogP contribution in [0, 0.1) is 18.8 Å². The lowest BCUT2D eigenvalue weighted by Crippen LogP contribution is -2.54. The second kappa shape index (κ2) is 9.95. The van der Waals surface area contributed by atoms with Gasteiger partial charge in [-0.1, -0.05) is 6.07 Å². The first-order chi connectivity index (χ1) is 14.6. The molecule has 2 saturated heterocycles. The number of hydrogen-bond acceptors (Lipinski definition) is 5. The van der Waals surface area contributed by atoms with Crippen molar-refractivity contribution in [1.29, 1.82) is 0 Å². The number of pyridine rings is 1. The monoisotopic (exact) mass is 443 g/mol. The maximum atomic E-state index is 12.8. The van der Waals surface area contributed by atoms with Crippen molar-refractivity contribution in [3.8, 4) is 0 Å². The number of aryl methyl sites for hydroxylation is 1. The van der Waals surface area contributed by atoms with Crippen LogP contribution in [0.2, 0.25) is 0 Å². The molecule has 0 radical (unpaired) electrons. The highest BCUT2D eigenvalue weighted by Crippen LogP contribution is 2.35. The lowest BCUT2D eigenvalue weighted by atomic mass is 9.81. The molecule has 3 atom stereocenters. The highest BCUT2D eigenvalue weighted by molar-refractivity contribution is 5.80. The van der Waals surface area contributed by atoms with Gasteiger partial charge >= 0.3 is 12.1 Å². The number of piperidine rings is 1. The second-order valence-corrected chi connectivity index (χ2v) is 8.37. The number of aliphatic carboxylic acids is 1. The van der Waals surface area contributed by atoms with E-state index in [1.807, 2.05) is 13.0 Å². The zero-order valence-corrected chi connectivity index (χ0v) is 17.4. The Morgan fingerprint density at radius 3 is 2.55 bits per heavy atom. The Labute approximate surface area is 179 Å². The van der Waals surface area contributed by atoms with Crippen molar-refractivity contribution >= 4 is 11.9 Å².